The predicted molar refractivity (Wildman–Crippen MR) is 58.5 cm³/mol. The lowest BCUT2D eigenvalue weighted by molar-refractivity contribution is -0.143. The summed E-state index contributed by atoms with van der Waals surface area (Å²) in [4.78, 5) is 10.9. The third-order valence-electron chi connectivity index (χ3n) is 1.88. The standard InChI is InChI=1S/C10H21FO2Si/c1-4-7-10(12)13-8-5-6-9-14(2,3)11/h4-9H2,1-3H3. The van der Waals surface area contributed by atoms with Crippen LogP contribution in [0.25, 0.3) is 0 Å². The van der Waals surface area contributed by atoms with E-state index in [9.17, 15) is 8.90 Å². The van der Waals surface area contributed by atoms with Crippen molar-refractivity contribution in [3.63, 3.8) is 0 Å². The highest BCUT2D eigenvalue weighted by Crippen LogP contribution is 2.14. The van der Waals surface area contributed by atoms with Crippen molar-refractivity contribution in [2.45, 2.75) is 51.7 Å². The molecule has 0 amide bonds. The fourth-order valence-corrected chi connectivity index (χ4v) is 2.20. The van der Waals surface area contributed by atoms with E-state index in [1.165, 1.54) is 0 Å². The van der Waals surface area contributed by atoms with Gasteiger partial charge in [-0.1, -0.05) is 13.3 Å². The maximum atomic E-state index is 13.1. The first-order valence-corrected chi connectivity index (χ1v) is 8.39. The van der Waals surface area contributed by atoms with E-state index in [4.69, 9.17) is 4.74 Å². The molecule has 0 saturated heterocycles. The van der Waals surface area contributed by atoms with Gasteiger partial charge in [-0.15, -0.1) is 0 Å². The fraction of sp³-hybridized carbons (Fsp3) is 0.900. The fourth-order valence-electron chi connectivity index (χ4n) is 1.11. The molecule has 0 aromatic rings. The Morgan fingerprint density at radius 3 is 2.50 bits per heavy atom. The minimum Gasteiger partial charge on any atom is -0.466 e. The Kier molecular flexibility index (Phi) is 6.79. The summed E-state index contributed by atoms with van der Waals surface area (Å²) in [6.45, 7) is 5.80. The normalized spacial score (nSPS) is 11.4. The van der Waals surface area contributed by atoms with Gasteiger partial charge >= 0.3 is 5.97 Å². The van der Waals surface area contributed by atoms with Crippen LogP contribution in [-0.2, 0) is 9.53 Å². The monoisotopic (exact) mass is 220 g/mol. The van der Waals surface area contributed by atoms with E-state index in [1.54, 1.807) is 13.1 Å². The number of hydrogen-bond donors (Lipinski definition) is 0. The molecule has 0 saturated carbocycles. The average Bonchev–Trinajstić information content (AvgIpc) is 2.02. The van der Waals surface area contributed by atoms with Gasteiger partial charge in [-0.05, 0) is 32.0 Å². The van der Waals surface area contributed by atoms with Crippen molar-refractivity contribution in [1.82, 2.24) is 0 Å². The van der Waals surface area contributed by atoms with Crippen LogP contribution < -0.4 is 0 Å². The van der Waals surface area contributed by atoms with Gasteiger partial charge in [0.05, 0.1) is 6.61 Å². The van der Waals surface area contributed by atoms with Crippen molar-refractivity contribution < 1.29 is 13.6 Å². The predicted octanol–water partition coefficient (Wildman–Crippen LogP) is 3.28. The molecular weight excluding hydrogens is 199 g/mol. The minimum atomic E-state index is -2.39. The van der Waals surface area contributed by atoms with Crippen molar-refractivity contribution in [3.05, 3.63) is 0 Å². The minimum absolute atomic E-state index is 0.135. The van der Waals surface area contributed by atoms with Gasteiger partial charge in [0.1, 0.15) is 0 Å². The van der Waals surface area contributed by atoms with E-state index in [2.05, 4.69) is 0 Å². The molecule has 0 bridgehead atoms. The average molecular weight is 220 g/mol. The van der Waals surface area contributed by atoms with Crippen molar-refractivity contribution in [1.29, 1.82) is 0 Å². The molecule has 0 aromatic carbocycles. The first kappa shape index (κ1) is 13.6. The Morgan fingerprint density at radius 1 is 1.36 bits per heavy atom. The van der Waals surface area contributed by atoms with Gasteiger partial charge in [-0.2, -0.15) is 0 Å². The molecule has 84 valence electrons. The summed E-state index contributed by atoms with van der Waals surface area (Å²) in [6.07, 6.45) is 2.93. The SMILES string of the molecule is CCCC(=O)OCCCC[Si](C)(C)F. The summed E-state index contributed by atoms with van der Waals surface area (Å²) in [6, 6.07) is 0.665. The Morgan fingerprint density at radius 2 is 2.00 bits per heavy atom. The summed E-state index contributed by atoms with van der Waals surface area (Å²) in [5.74, 6) is -0.135. The zero-order chi connectivity index (χ0) is 11.0. The lowest BCUT2D eigenvalue weighted by Crippen LogP contribution is -2.17. The molecule has 0 fully saturated rings. The number of carbonyl (C=O) groups excluding carboxylic acids is 1. The number of unbranched alkanes of at least 4 members (excludes halogenated alkanes) is 1. The van der Waals surface area contributed by atoms with Crippen LogP contribution in [0.2, 0.25) is 19.1 Å². The zero-order valence-corrected chi connectivity index (χ0v) is 10.4. The van der Waals surface area contributed by atoms with E-state index in [0.717, 1.165) is 19.3 Å². The summed E-state index contributed by atoms with van der Waals surface area (Å²) >= 11 is 0. The number of rotatable bonds is 7. The second kappa shape index (κ2) is 6.98. The van der Waals surface area contributed by atoms with Crippen LogP contribution in [0.5, 0.6) is 0 Å². The summed E-state index contributed by atoms with van der Waals surface area (Å²) < 4.78 is 18.1. The van der Waals surface area contributed by atoms with Crippen molar-refractivity contribution in [2.75, 3.05) is 6.61 Å². The first-order chi connectivity index (χ1) is 6.45. The number of hydrogen-bond acceptors (Lipinski definition) is 2. The Labute approximate surface area is 87.0 Å². The molecule has 0 N–H and O–H groups in total. The third kappa shape index (κ3) is 9.70. The maximum absolute atomic E-state index is 13.1. The maximum Gasteiger partial charge on any atom is 0.305 e. The Bertz CT molecular complexity index is 166. The van der Waals surface area contributed by atoms with Gasteiger partial charge in [-0.3, -0.25) is 4.79 Å². The van der Waals surface area contributed by atoms with Crippen LogP contribution in [0.4, 0.5) is 4.11 Å². The third-order valence-corrected chi connectivity index (χ3v) is 3.43. The van der Waals surface area contributed by atoms with Gasteiger partial charge in [0.2, 0.25) is 8.41 Å². The topological polar surface area (TPSA) is 26.3 Å². The van der Waals surface area contributed by atoms with E-state index >= 15 is 0 Å². The largest absolute Gasteiger partial charge is 0.466 e. The van der Waals surface area contributed by atoms with Crippen molar-refractivity contribution >= 4 is 14.4 Å². The highest BCUT2D eigenvalue weighted by molar-refractivity contribution is 6.70. The number of esters is 1. The van der Waals surface area contributed by atoms with E-state index < -0.39 is 8.41 Å². The Hall–Kier alpha value is -0.383. The number of carbonyl (C=O) groups is 1. The number of halogens is 1. The van der Waals surface area contributed by atoms with Crippen LogP contribution in [0.3, 0.4) is 0 Å². The summed E-state index contributed by atoms with van der Waals surface area (Å²) in [5, 5.41) is 0. The molecular formula is C10H21FO2Si. The first-order valence-electron chi connectivity index (χ1n) is 5.30. The molecule has 0 aromatic heterocycles. The van der Waals surface area contributed by atoms with Gasteiger partial charge in [0.25, 0.3) is 0 Å². The molecule has 0 aliphatic heterocycles. The molecule has 0 spiro atoms. The van der Waals surface area contributed by atoms with Crippen LogP contribution in [0, 0.1) is 0 Å². The molecule has 14 heavy (non-hydrogen) atoms. The molecule has 0 aliphatic carbocycles. The van der Waals surface area contributed by atoms with Gasteiger partial charge in [-0.25, -0.2) is 0 Å². The zero-order valence-electron chi connectivity index (χ0n) is 9.44. The number of ether oxygens (including phenoxy) is 1. The van der Waals surface area contributed by atoms with Crippen LogP contribution >= 0.6 is 0 Å². The smallest absolute Gasteiger partial charge is 0.305 e. The van der Waals surface area contributed by atoms with Crippen molar-refractivity contribution in [2.24, 2.45) is 0 Å². The van der Waals surface area contributed by atoms with Gasteiger partial charge in [0, 0.05) is 6.42 Å². The quantitative estimate of drug-likeness (QED) is 0.285. The highest BCUT2D eigenvalue weighted by Gasteiger charge is 2.18. The Balaban J connectivity index is 3.26. The van der Waals surface area contributed by atoms with Crippen LogP contribution in [0.1, 0.15) is 32.6 Å². The lowest BCUT2D eigenvalue weighted by atomic mass is 10.3. The second-order valence-electron chi connectivity index (χ2n) is 4.15. The van der Waals surface area contributed by atoms with E-state index in [1.807, 2.05) is 6.92 Å². The molecule has 2 nitrogen and oxygen atoms in total. The molecule has 0 atom stereocenters. The molecule has 0 unspecified atom stereocenters. The van der Waals surface area contributed by atoms with Crippen molar-refractivity contribution in [3.8, 4) is 0 Å². The van der Waals surface area contributed by atoms with Gasteiger partial charge < -0.3 is 8.84 Å². The highest BCUT2D eigenvalue weighted by atomic mass is 28.4. The lowest BCUT2D eigenvalue weighted by Gasteiger charge is -2.10. The van der Waals surface area contributed by atoms with E-state index in [0.29, 0.717) is 19.1 Å². The van der Waals surface area contributed by atoms with E-state index in [-0.39, 0.29) is 5.97 Å². The van der Waals surface area contributed by atoms with Crippen LogP contribution in [-0.4, -0.2) is 21.0 Å². The molecule has 0 radical (unpaired) electrons. The summed E-state index contributed by atoms with van der Waals surface area (Å²) in [5.41, 5.74) is 0. The molecule has 0 aliphatic rings. The summed E-state index contributed by atoms with van der Waals surface area (Å²) in [7, 11) is -2.39. The molecule has 0 rings (SSSR count). The van der Waals surface area contributed by atoms with Crippen LogP contribution in [0.15, 0.2) is 0 Å². The molecule has 4 heteroatoms. The molecule has 0 heterocycles. The second-order valence-corrected chi connectivity index (χ2v) is 8.08. The van der Waals surface area contributed by atoms with Gasteiger partial charge in [0.15, 0.2) is 0 Å².